The molecule has 0 saturated carbocycles. The number of ketones is 1. The number of piperazine rings is 1. The van der Waals surface area contributed by atoms with Gasteiger partial charge in [-0.25, -0.2) is 0 Å². The number of anilines is 1. The quantitative estimate of drug-likeness (QED) is 0.808. The number of hydrogen-bond donors (Lipinski definition) is 0. The van der Waals surface area contributed by atoms with Crippen LogP contribution in [0.4, 0.5) is 5.69 Å². The highest BCUT2D eigenvalue weighted by Crippen LogP contribution is 2.27. The van der Waals surface area contributed by atoms with E-state index in [0.29, 0.717) is 30.6 Å². The average molecular weight is 357 g/mol. The zero-order valence-electron chi connectivity index (χ0n) is 15.4. The molecule has 0 aromatic heterocycles. The molecule has 0 radical (unpaired) electrons. The van der Waals surface area contributed by atoms with Gasteiger partial charge in [-0.2, -0.15) is 0 Å². The van der Waals surface area contributed by atoms with E-state index < -0.39 is 0 Å². The summed E-state index contributed by atoms with van der Waals surface area (Å²) < 4.78 is 0. The summed E-state index contributed by atoms with van der Waals surface area (Å²) >= 11 is 0. The Bertz CT molecular complexity index is 681. The molecule has 1 aromatic rings. The maximum absolute atomic E-state index is 12.4. The van der Waals surface area contributed by atoms with Crippen molar-refractivity contribution < 1.29 is 14.4 Å². The maximum Gasteiger partial charge on any atom is 0.227 e. The van der Waals surface area contributed by atoms with Crippen molar-refractivity contribution in [2.75, 3.05) is 44.2 Å². The van der Waals surface area contributed by atoms with Crippen molar-refractivity contribution in [1.29, 1.82) is 0 Å². The van der Waals surface area contributed by atoms with Crippen molar-refractivity contribution in [3.8, 4) is 0 Å². The third-order valence-electron chi connectivity index (χ3n) is 5.31. The van der Waals surface area contributed by atoms with Crippen LogP contribution in [0.1, 0.15) is 43.0 Å². The number of nitrogens with zero attached hydrogens (tertiary/aromatic N) is 3. The number of rotatable bonds is 5. The molecular formula is C20H27N3O3. The lowest BCUT2D eigenvalue weighted by molar-refractivity contribution is -0.133. The number of para-hydroxylation sites is 1. The fourth-order valence-electron chi connectivity index (χ4n) is 3.67. The smallest absolute Gasteiger partial charge is 0.227 e. The van der Waals surface area contributed by atoms with Crippen molar-refractivity contribution in [2.24, 2.45) is 0 Å². The minimum Gasteiger partial charge on any atom is -0.340 e. The normalized spacial score (nSPS) is 18.7. The van der Waals surface area contributed by atoms with Gasteiger partial charge in [0, 0.05) is 57.5 Å². The van der Waals surface area contributed by atoms with Gasteiger partial charge in [0.15, 0.2) is 5.78 Å². The minimum absolute atomic E-state index is 0.0151. The van der Waals surface area contributed by atoms with Crippen molar-refractivity contribution in [3.63, 3.8) is 0 Å². The number of benzene rings is 1. The van der Waals surface area contributed by atoms with Gasteiger partial charge in [0.25, 0.3) is 0 Å². The highest BCUT2D eigenvalue weighted by atomic mass is 16.2. The monoisotopic (exact) mass is 357 g/mol. The first-order valence-electron chi connectivity index (χ1n) is 9.53. The van der Waals surface area contributed by atoms with Gasteiger partial charge in [-0.1, -0.05) is 19.1 Å². The van der Waals surface area contributed by atoms with E-state index >= 15 is 0 Å². The molecule has 0 atom stereocenters. The summed E-state index contributed by atoms with van der Waals surface area (Å²) in [5.41, 5.74) is 1.30. The van der Waals surface area contributed by atoms with Gasteiger partial charge in [-0.05, 0) is 25.1 Å². The maximum atomic E-state index is 12.4. The molecule has 6 nitrogen and oxygen atoms in total. The van der Waals surface area contributed by atoms with Gasteiger partial charge >= 0.3 is 0 Å². The number of Topliss-reactive ketones (excluding diaryl/α,β-unsaturated/α-hetero) is 1. The van der Waals surface area contributed by atoms with E-state index in [4.69, 9.17) is 0 Å². The Morgan fingerprint density at radius 3 is 2.50 bits per heavy atom. The Hall–Kier alpha value is -2.21. The number of fused-ring (bicyclic) bond motifs is 1. The lowest BCUT2D eigenvalue weighted by Crippen LogP contribution is -2.48. The molecule has 0 spiro atoms. The Kier molecular flexibility index (Phi) is 6.04. The van der Waals surface area contributed by atoms with Gasteiger partial charge in [0.05, 0.1) is 5.69 Å². The average Bonchev–Trinajstić information content (AvgIpc) is 2.80. The highest BCUT2D eigenvalue weighted by Gasteiger charge is 2.26. The molecule has 0 unspecified atom stereocenters. The van der Waals surface area contributed by atoms with Crippen molar-refractivity contribution in [1.82, 2.24) is 9.80 Å². The summed E-state index contributed by atoms with van der Waals surface area (Å²) in [7, 11) is 0. The van der Waals surface area contributed by atoms with E-state index in [1.54, 1.807) is 11.0 Å². The molecule has 1 saturated heterocycles. The van der Waals surface area contributed by atoms with Crippen LogP contribution in [0.25, 0.3) is 0 Å². The molecule has 140 valence electrons. The third-order valence-corrected chi connectivity index (χ3v) is 5.31. The summed E-state index contributed by atoms with van der Waals surface area (Å²) in [6, 6.07) is 7.27. The molecule has 0 bridgehead atoms. The SMILES string of the molecule is CCN1CCN(C(=O)CCCN2C(=O)CCC(=O)c3ccccc32)CC1. The highest BCUT2D eigenvalue weighted by molar-refractivity contribution is 6.10. The second-order valence-corrected chi connectivity index (χ2v) is 6.90. The van der Waals surface area contributed by atoms with Crippen LogP contribution in [-0.4, -0.2) is 66.7 Å². The van der Waals surface area contributed by atoms with Crippen molar-refractivity contribution in [3.05, 3.63) is 29.8 Å². The van der Waals surface area contributed by atoms with E-state index in [-0.39, 0.29) is 30.4 Å². The Morgan fingerprint density at radius 1 is 1.04 bits per heavy atom. The van der Waals surface area contributed by atoms with Crippen molar-refractivity contribution in [2.45, 2.75) is 32.6 Å². The number of likely N-dealkylation sites (N-methyl/N-ethyl adjacent to an activating group) is 1. The number of carbonyl (C=O) groups excluding carboxylic acids is 3. The minimum atomic E-state index is -0.0349. The first kappa shape index (κ1) is 18.6. The molecule has 0 N–H and O–H groups in total. The summed E-state index contributed by atoms with van der Waals surface area (Å²) in [5.74, 6) is 0.140. The predicted octanol–water partition coefficient (Wildman–Crippen LogP) is 1.94. The Labute approximate surface area is 154 Å². The van der Waals surface area contributed by atoms with Crippen LogP contribution in [-0.2, 0) is 9.59 Å². The van der Waals surface area contributed by atoms with E-state index in [1.165, 1.54) is 0 Å². The molecule has 1 fully saturated rings. The van der Waals surface area contributed by atoms with Gasteiger partial charge in [-0.3, -0.25) is 14.4 Å². The lowest BCUT2D eigenvalue weighted by Gasteiger charge is -2.34. The van der Waals surface area contributed by atoms with Crippen LogP contribution >= 0.6 is 0 Å². The van der Waals surface area contributed by atoms with Crippen LogP contribution in [0.3, 0.4) is 0 Å². The first-order chi connectivity index (χ1) is 12.6. The van der Waals surface area contributed by atoms with Gasteiger partial charge in [0.2, 0.25) is 11.8 Å². The molecule has 26 heavy (non-hydrogen) atoms. The molecule has 2 heterocycles. The standard InChI is InChI=1S/C20H27N3O3/c1-2-21-12-14-22(15-13-21)19(25)8-5-11-23-17-7-4-3-6-16(17)18(24)9-10-20(23)26/h3-4,6-7H,2,5,8-15H2,1H3. The van der Waals surface area contributed by atoms with Gasteiger partial charge < -0.3 is 14.7 Å². The molecular weight excluding hydrogens is 330 g/mol. The molecule has 2 aliphatic rings. The fraction of sp³-hybridized carbons (Fsp3) is 0.550. The zero-order chi connectivity index (χ0) is 18.5. The van der Waals surface area contributed by atoms with E-state index in [1.807, 2.05) is 23.1 Å². The van der Waals surface area contributed by atoms with E-state index in [2.05, 4.69) is 11.8 Å². The summed E-state index contributed by atoms with van der Waals surface area (Å²) in [6.07, 6.45) is 1.54. The fourth-order valence-corrected chi connectivity index (χ4v) is 3.67. The molecule has 2 amide bonds. The zero-order valence-corrected chi connectivity index (χ0v) is 15.4. The Morgan fingerprint density at radius 2 is 1.77 bits per heavy atom. The molecule has 2 aliphatic heterocycles. The summed E-state index contributed by atoms with van der Waals surface area (Å²) in [4.78, 5) is 43.0. The Balaban J connectivity index is 1.57. The number of amides is 2. The van der Waals surface area contributed by atoms with Crippen LogP contribution in [0, 0.1) is 0 Å². The summed E-state index contributed by atoms with van der Waals surface area (Å²) in [6.45, 7) is 7.07. The topological polar surface area (TPSA) is 60.9 Å². The second-order valence-electron chi connectivity index (χ2n) is 6.90. The van der Waals surface area contributed by atoms with Gasteiger partial charge in [0.1, 0.15) is 0 Å². The van der Waals surface area contributed by atoms with E-state index in [0.717, 1.165) is 32.7 Å². The first-order valence-corrected chi connectivity index (χ1v) is 9.53. The van der Waals surface area contributed by atoms with Crippen LogP contribution < -0.4 is 4.90 Å². The third kappa shape index (κ3) is 4.12. The van der Waals surface area contributed by atoms with Crippen LogP contribution in [0.5, 0.6) is 0 Å². The molecule has 3 rings (SSSR count). The number of hydrogen-bond acceptors (Lipinski definition) is 4. The predicted molar refractivity (Wildman–Crippen MR) is 100 cm³/mol. The van der Waals surface area contributed by atoms with Crippen LogP contribution in [0.2, 0.25) is 0 Å². The number of carbonyl (C=O) groups is 3. The molecule has 1 aromatic carbocycles. The molecule has 0 aliphatic carbocycles. The van der Waals surface area contributed by atoms with E-state index in [9.17, 15) is 14.4 Å². The van der Waals surface area contributed by atoms with Crippen LogP contribution in [0.15, 0.2) is 24.3 Å². The largest absolute Gasteiger partial charge is 0.340 e. The van der Waals surface area contributed by atoms with Gasteiger partial charge in [-0.15, -0.1) is 0 Å². The lowest BCUT2D eigenvalue weighted by atomic mass is 10.1. The van der Waals surface area contributed by atoms with Crippen molar-refractivity contribution >= 4 is 23.3 Å². The summed E-state index contributed by atoms with van der Waals surface area (Å²) in [5, 5.41) is 0. The molecule has 6 heteroatoms. The second kappa shape index (κ2) is 8.45.